The third-order valence-corrected chi connectivity index (χ3v) is 6.64. The third kappa shape index (κ3) is 5.43. The minimum absolute atomic E-state index is 0.151. The monoisotopic (exact) mass is 407 g/mol. The van der Waals surface area contributed by atoms with Crippen molar-refractivity contribution < 1.29 is 4.79 Å². The molecule has 0 saturated carbocycles. The highest BCUT2D eigenvalue weighted by Crippen LogP contribution is 2.30. The van der Waals surface area contributed by atoms with Crippen LogP contribution in [0.2, 0.25) is 0 Å². The number of nitriles is 1. The molecule has 9 heteroatoms. The minimum Gasteiger partial charge on any atom is -0.300 e. The van der Waals surface area contributed by atoms with Crippen molar-refractivity contribution in [3.63, 3.8) is 0 Å². The molecule has 6 nitrogen and oxygen atoms in total. The highest BCUT2D eigenvalue weighted by atomic mass is 32.2. The number of hydrogen-bond acceptors (Lipinski definition) is 8. The van der Waals surface area contributed by atoms with Crippen LogP contribution in [0, 0.1) is 11.3 Å². The van der Waals surface area contributed by atoms with E-state index >= 15 is 0 Å². The average molecular weight is 408 g/mol. The van der Waals surface area contributed by atoms with Crippen molar-refractivity contribution in [3.05, 3.63) is 23.4 Å². The van der Waals surface area contributed by atoms with Gasteiger partial charge in [-0.05, 0) is 30.2 Å². The van der Waals surface area contributed by atoms with Crippen LogP contribution < -0.4 is 5.32 Å². The normalized spacial score (nSPS) is 12.0. The average Bonchev–Trinajstić information content (AvgIpc) is 3.06. The van der Waals surface area contributed by atoms with Crippen LogP contribution >= 0.6 is 34.9 Å². The maximum Gasteiger partial charge on any atom is 0.239 e. The van der Waals surface area contributed by atoms with Crippen molar-refractivity contribution in [2.24, 2.45) is 0 Å². The van der Waals surface area contributed by atoms with Crippen LogP contribution in [0.3, 0.4) is 0 Å². The molecule has 0 aromatic carbocycles. The summed E-state index contributed by atoms with van der Waals surface area (Å²) >= 11 is 4.28. The molecular formula is C17H21N5OS3. The van der Waals surface area contributed by atoms with Gasteiger partial charge in [0.2, 0.25) is 11.0 Å². The quantitative estimate of drug-likeness (QED) is 0.507. The molecule has 1 N–H and O–H groups in total. The summed E-state index contributed by atoms with van der Waals surface area (Å²) in [6.07, 6.45) is 0.615. The zero-order valence-corrected chi connectivity index (χ0v) is 17.6. The number of pyridine rings is 1. The predicted octanol–water partition coefficient (Wildman–Crippen LogP) is 4.55. The van der Waals surface area contributed by atoms with E-state index in [9.17, 15) is 10.1 Å². The van der Waals surface area contributed by atoms with E-state index in [1.807, 2.05) is 33.8 Å². The molecule has 2 aromatic heterocycles. The molecule has 1 atom stereocenters. The molecule has 0 bridgehead atoms. The SMILES string of the molecule is CCSc1nnc(NC(=O)C(CC)Sc2nc(C(C)C)ccc2C#N)s1. The highest BCUT2D eigenvalue weighted by molar-refractivity contribution is 8.01. The van der Waals surface area contributed by atoms with E-state index < -0.39 is 0 Å². The number of nitrogens with one attached hydrogen (secondary N) is 1. The summed E-state index contributed by atoms with van der Waals surface area (Å²) in [5.41, 5.74) is 1.40. The predicted molar refractivity (Wildman–Crippen MR) is 108 cm³/mol. The van der Waals surface area contributed by atoms with E-state index in [-0.39, 0.29) is 17.1 Å². The topological polar surface area (TPSA) is 91.6 Å². The van der Waals surface area contributed by atoms with Crippen LogP contribution in [0.4, 0.5) is 5.13 Å². The second-order valence-electron chi connectivity index (χ2n) is 5.67. The van der Waals surface area contributed by atoms with E-state index in [0.29, 0.717) is 22.1 Å². The molecule has 0 fully saturated rings. The Hall–Kier alpha value is -1.63. The van der Waals surface area contributed by atoms with Gasteiger partial charge in [0.15, 0.2) is 4.34 Å². The second kappa shape index (κ2) is 9.90. The number of nitrogens with zero attached hydrogens (tertiary/aromatic N) is 4. The summed E-state index contributed by atoms with van der Waals surface area (Å²) in [4.78, 5) is 17.2. The molecule has 2 heterocycles. The van der Waals surface area contributed by atoms with Gasteiger partial charge in [-0.3, -0.25) is 10.1 Å². The molecule has 2 rings (SSSR count). The van der Waals surface area contributed by atoms with Gasteiger partial charge in [0.1, 0.15) is 11.1 Å². The van der Waals surface area contributed by atoms with Crippen LogP contribution in [0.1, 0.15) is 51.3 Å². The van der Waals surface area contributed by atoms with E-state index in [1.165, 1.54) is 23.1 Å². The molecular weight excluding hydrogens is 386 g/mol. The fourth-order valence-electron chi connectivity index (χ4n) is 2.04. The number of amides is 1. The summed E-state index contributed by atoms with van der Waals surface area (Å²) in [7, 11) is 0. The first-order chi connectivity index (χ1) is 12.5. The van der Waals surface area contributed by atoms with Gasteiger partial charge in [-0.2, -0.15) is 5.26 Å². The van der Waals surface area contributed by atoms with Crippen molar-refractivity contribution in [1.29, 1.82) is 5.26 Å². The van der Waals surface area contributed by atoms with E-state index in [2.05, 4.69) is 26.6 Å². The molecule has 0 aliphatic rings. The Kier molecular flexibility index (Phi) is 7.87. The van der Waals surface area contributed by atoms with Gasteiger partial charge < -0.3 is 0 Å². The summed E-state index contributed by atoms with van der Waals surface area (Å²) in [6.45, 7) is 8.08. The first kappa shape index (κ1) is 20.7. The molecule has 0 spiro atoms. The smallest absolute Gasteiger partial charge is 0.239 e. The lowest BCUT2D eigenvalue weighted by Gasteiger charge is -2.15. The Morgan fingerprint density at radius 2 is 2.12 bits per heavy atom. The Labute approximate surface area is 166 Å². The van der Waals surface area contributed by atoms with Crippen molar-refractivity contribution in [1.82, 2.24) is 15.2 Å². The molecule has 0 radical (unpaired) electrons. The van der Waals surface area contributed by atoms with Crippen molar-refractivity contribution >= 4 is 45.9 Å². The van der Waals surface area contributed by atoms with Crippen molar-refractivity contribution in [2.75, 3.05) is 11.1 Å². The molecule has 138 valence electrons. The highest BCUT2D eigenvalue weighted by Gasteiger charge is 2.22. The van der Waals surface area contributed by atoms with Crippen molar-refractivity contribution in [2.45, 2.75) is 54.6 Å². The molecule has 26 heavy (non-hydrogen) atoms. The summed E-state index contributed by atoms with van der Waals surface area (Å²) < 4.78 is 0.835. The second-order valence-corrected chi connectivity index (χ2v) is 9.35. The Morgan fingerprint density at radius 3 is 2.73 bits per heavy atom. The summed E-state index contributed by atoms with van der Waals surface area (Å²) in [6, 6.07) is 5.79. The van der Waals surface area contributed by atoms with Gasteiger partial charge in [0.05, 0.1) is 10.8 Å². The van der Waals surface area contributed by atoms with E-state index in [1.54, 1.807) is 17.8 Å². The summed E-state index contributed by atoms with van der Waals surface area (Å²) in [5.74, 6) is 1.01. The number of carbonyl (C=O) groups is 1. The zero-order valence-electron chi connectivity index (χ0n) is 15.1. The maximum absolute atomic E-state index is 12.6. The first-order valence-electron chi connectivity index (χ1n) is 8.33. The Balaban J connectivity index is 2.14. The fraction of sp³-hybridized carbons (Fsp3) is 0.471. The van der Waals surface area contributed by atoms with E-state index in [4.69, 9.17) is 0 Å². The zero-order chi connectivity index (χ0) is 19.1. The van der Waals surface area contributed by atoms with Gasteiger partial charge in [-0.25, -0.2) is 4.98 Å². The number of anilines is 1. The van der Waals surface area contributed by atoms with Crippen molar-refractivity contribution in [3.8, 4) is 6.07 Å². The number of aromatic nitrogens is 3. The molecule has 0 aliphatic heterocycles. The lowest BCUT2D eigenvalue weighted by molar-refractivity contribution is -0.115. The largest absolute Gasteiger partial charge is 0.300 e. The summed E-state index contributed by atoms with van der Waals surface area (Å²) in [5, 5.41) is 20.9. The number of rotatable bonds is 8. The van der Waals surface area contributed by atoms with Crippen LogP contribution in [0.5, 0.6) is 0 Å². The van der Waals surface area contributed by atoms with Gasteiger partial charge in [0, 0.05) is 5.69 Å². The lowest BCUT2D eigenvalue weighted by atomic mass is 10.1. The minimum atomic E-state index is -0.358. The number of carbonyl (C=O) groups excluding carboxylic acids is 1. The lowest BCUT2D eigenvalue weighted by Crippen LogP contribution is -2.24. The first-order valence-corrected chi connectivity index (χ1v) is 11.0. The van der Waals surface area contributed by atoms with Crippen LogP contribution in [-0.4, -0.2) is 32.1 Å². The molecule has 0 aliphatic carbocycles. The fourth-order valence-corrected chi connectivity index (χ4v) is 4.69. The third-order valence-electron chi connectivity index (χ3n) is 3.42. The standard InChI is InChI=1S/C17H21N5OS3/c1-5-13(14(23)20-16-21-22-17(26-16)24-6-2)25-15-11(9-18)7-8-12(19-15)10(3)4/h7-8,10,13H,5-6H2,1-4H3,(H,20,21,23). The molecule has 1 amide bonds. The van der Waals surface area contributed by atoms with Crippen LogP contribution in [-0.2, 0) is 4.79 Å². The van der Waals surface area contributed by atoms with Gasteiger partial charge >= 0.3 is 0 Å². The number of hydrogen-bond donors (Lipinski definition) is 1. The Morgan fingerprint density at radius 1 is 1.35 bits per heavy atom. The molecule has 1 unspecified atom stereocenters. The van der Waals surface area contributed by atoms with E-state index in [0.717, 1.165) is 15.8 Å². The molecule has 0 saturated heterocycles. The Bertz CT molecular complexity index is 800. The maximum atomic E-state index is 12.6. The van der Waals surface area contributed by atoms with Gasteiger partial charge in [-0.1, -0.05) is 62.6 Å². The number of thioether (sulfide) groups is 2. The van der Waals surface area contributed by atoms with Gasteiger partial charge in [0.25, 0.3) is 0 Å². The van der Waals surface area contributed by atoms with Crippen LogP contribution in [0.15, 0.2) is 21.5 Å². The van der Waals surface area contributed by atoms with Gasteiger partial charge in [-0.15, -0.1) is 10.2 Å². The van der Waals surface area contributed by atoms with Crippen LogP contribution in [0.25, 0.3) is 0 Å². The molecule has 2 aromatic rings.